The maximum Gasteiger partial charge on any atom is 0.349 e. The van der Waals surface area contributed by atoms with Crippen LogP contribution in [0, 0.1) is 0 Å². The number of thiophene rings is 1. The lowest BCUT2D eigenvalue weighted by atomic mass is 10.1. The molecule has 1 N–H and O–H groups in total. The van der Waals surface area contributed by atoms with Crippen LogP contribution in [0.3, 0.4) is 0 Å². The van der Waals surface area contributed by atoms with Gasteiger partial charge in [-0.25, -0.2) is 4.79 Å². The Labute approximate surface area is 188 Å². The van der Waals surface area contributed by atoms with Gasteiger partial charge in [0, 0.05) is 16.1 Å². The largest absolute Gasteiger partial charge is 0.486 e. The number of carbonyl (C=O) groups is 3. The zero-order valence-electron chi connectivity index (χ0n) is 17.5. The molecule has 4 rings (SSSR count). The molecule has 164 valence electrons. The molecule has 0 saturated heterocycles. The third-order valence-electron chi connectivity index (χ3n) is 4.82. The molecule has 0 spiro atoms. The summed E-state index contributed by atoms with van der Waals surface area (Å²) in [5, 5.41) is 2.66. The predicted molar refractivity (Wildman–Crippen MR) is 121 cm³/mol. The Morgan fingerprint density at radius 1 is 1.00 bits per heavy atom. The van der Waals surface area contributed by atoms with Crippen LogP contribution in [0.1, 0.15) is 33.9 Å². The van der Waals surface area contributed by atoms with Crippen molar-refractivity contribution >= 4 is 34.7 Å². The van der Waals surface area contributed by atoms with Crippen molar-refractivity contribution in [3.8, 4) is 21.9 Å². The monoisotopic (exact) mass is 451 g/mol. The Kier molecular flexibility index (Phi) is 6.23. The Morgan fingerprint density at radius 2 is 1.78 bits per heavy atom. The van der Waals surface area contributed by atoms with E-state index in [1.165, 1.54) is 25.2 Å². The molecule has 32 heavy (non-hydrogen) atoms. The first-order chi connectivity index (χ1) is 15.4. The fourth-order valence-corrected chi connectivity index (χ4v) is 4.02. The van der Waals surface area contributed by atoms with Crippen LogP contribution in [0.15, 0.2) is 54.6 Å². The molecule has 1 aliphatic heterocycles. The number of amides is 1. The molecule has 0 bridgehead atoms. The van der Waals surface area contributed by atoms with Crippen molar-refractivity contribution in [2.24, 2.45) is 0 Å². The zero-order valence-corrected chi connectivity index (χ0v) is 18.4. The van der Waals surface area contributed by atoms with Crippen molar-refractivity contribution in [3.63, 3.8) is 0 Å². The first kappa shape index (κ1) is 21.6. The minimum atomic E-state index is -1.01. The highest BCUT2D eigenvalue weighted by Gasteiger charge is 2.21. The van der Waals surface area contributed by atoms with Crippen LogP contribution >= 0.6 is 11.3 Å². The summed E-state index contributed by atoms with van der Waals surface area (Å²) in [7, 11) is 0. The first-order valence-electron chi connectivity index (χ1n) is 10.0. The summed E-state index contributed by atoms with van der Waals surface area (Å²) in [5.41, 5.74) is 1.84. The van der Waals surface area contributed by atoms with Gasteiger partial charge in [-0.3, -0.25) is 9.59 Å². The van der Waals surface area contributed by atoms with Gasteiger partial charge in [-0.2, -0.15) is 0 Å². The van der Waals surface area contributed by atoms with E-state index >= 15 is 0 Å². The number of benzene rings is 2. The molecular formula is C24H21NO6S. The summed E-state index contributed by atoms with van der Waals surface area (Å²) < 4.78 is 16.5. The van der Waals surface area contributed by atoms with Crippen molar-refractivity contribution in [2.75, 3.05) is 18.5 Å². The number of hydrogen-bond acceptors (Lipinski definition) is 7. The van der Waals surface area contributed by atoms with E-state index in [-0.39, 0.29) is 5.78 Å². The SMILES string of the molecule is CC(=O)c1cccc(NC(=O)C(C)OC(=O)c2ccc(-c3ccc4c(c3)OCCO4)s2)c1. The molecule has 1 unspecified atom stereocenters. The van der Waals surface area contributed by atoms with E-state index in [0.29, 0.717) is 40.8 Å². The van der Waals surface area contributed by atoms with Crippen LogP contribution in [0.2, 0.25) is 0 Å². The Morgan fingerprint density at radius 3 is 2.56 bits per heavy atom. The van der Waals surface area contributed by atoms with Gasteiger partial charge in [-0.1, -0.05) is 12.1 Å². The van der Waals surface area contributed by atoms with E-state index in [1.807, 2.05) is 24.3 Å². The summed E-state index contributed by atoms with van der Waals surface area (Å²) in [6.07, 6.45) is -1.01. The Hall–Kier alpha value is -3.65. The molecule has 7 nitrogen and oxygen atoms in total. The van der Waals surface area contributed by atoms with E-state index in [9.17, 15) is 14.4 Å². The normalized spacial score (nSPS) is 13.2. The highest BCUT2D eigenvalue weighted by molar-refractivity contribution is 7.17. The minimum Gasteiger partial charge on any atom is -0.486 e. The third kappa shape index (κ3) is 4.81. The number of carbonyl (C=O) groups excluding carboxylic acids is 3. The van der Waals surface area contributed by atoms with Gasteiger partial charge in [0.15, 0.2) is 23.4 Å². The van der Waals surface area contributed by atoms with Crippen molar-refractivity contribution in [1.82, 2.24) is 0 Å². The Bertz CT molecular complexity index is 1180. The lowest BCUT2D eigenvalue weighted by Gasteiger charge is -2.18. The second-order valence-corrected chi connectivity index (χ2v) is 8.28. The summed E-state index contributed by atoms with van der Waals surface area (Å²) >= 11 is 1.27. The molecule has 1 atom stereocenters. The molecule has 0 saturated carbocycles. The fourth-order valence-electron chi connectivity index (χ4n) is 3.13. The molecule has 8 heteroatoms. The summed E-state index contributed by atoms with van der Waals surface area (Å²) in [6.45, 7) is 3.97. The van der Waals surface area contributed by atoms with Crippen molar-refractivity contribution in [3.05, 3.63) is 65.0 Å². The van der Waals surface area contributed by atoms with E-state index in [0.717, 1.165) is 10.4 Å². The fraction of sp³-hybridized carbons (Fsp3) is 0.208. The molecule has 2 aromatic carbocycles. The van der Waals surface area contributed by atoms with Crippen LogP contribution in [0.25, 0.3) is 10.4 Å². The van der Waals surface area contributed by atoms with Crippen LogP contribution in [-0.4, -0.2) is 37.0 Å². The first-order valence-corrected chi connectivity index (χ1v) is 10.8. The summed E-state index contributed by atoms with van der Waals surface area (Å²) in [4.78, 5) is 37.7. The lowest BCUT2D eigenvalue weighted by Crippen LogP contribution is -2.29. The van der Waals surface area contributed by atoms with Crippen LogP contribution in [0.4, 0.5) is 5.69 Å². The number of Topliss-reactive ketones (excluding diaryl/α,β-unsaturated/α-hetero) is 1. The molecule has 0 aliphatic carbocycles. The highest BCUT2D eigenvalue weighted by atomic mass is 32.1. The molecular weight excluding hydrogens is 430 g/mol. The quantitative estimate of drug-likeness (QED) is 0.436. The molecule has 0 radical (unpaired) electrons. The van der Waals surface area contributed by atoms with Gasteiger partial charge in [0.1, 0.15) is 18.1 Å². The molecule has 1 aliphatic rings. The van der Waals surface area contributed by atoms with E-state index in [1.54, 1.807) is 30.3 Å². The molecule has 3 aromatic rings. The van der Waals surface area contributed by atoms with Crippen molar-refractivity contribution in [1.29, 1.82) is 0 Å². The maximum atomic E-state index is 12.6. The van der Waals surface area contributed by atoms with Gasteiger partial charge >= 0.3 is 5.97 Å². The Balaban J connectivity index is 1.40. The van der Waals surface area contributed by atoms with E-state index in [2.05, 4.69) is 5.32 Å². The molecule has 0 fully saturated rings. The number of ether oxygens (including phenoxy) is 3. The number of rotatable bonds is 6. The maximum absolute atomic E-state index is 12.6. The number of anilines is 1. The molecule has 1 aromatic heterocycles. The summed E-state index contributed by atoms with van der Waals surface area (Å²) in [6, 6.07) is 15.7. The molecule has 1 amide bonds. The average Bonchev–Trinajstić information content (AvgIpc) is 3.29. The third-order valence-corrected chi connectivity index (χ3v) is 5.94. The van der Waals surface area contributed by atoms with Crippen molar-refractivity contribution in [2.45, 2.75) is 20.0 Å². The van der Waals surface area contributed by atoms with Gasteiger partial charge in [0.25, 0.3) is 5.91 Å². The van der Waals surface area contributed by atoms with Gasteiger partial charge in [0.2, 0.25) is 0 Å². The highest BCUT2D eigenvalue weighted by Crippen LogP contribution is 2.37. The van der Waals surface area contributed by atoms with E-state index in [4.69, 9.17) is 14.2 Å². The standard InChI is InChI=1S/C24H21NO6S/c1-14(26)16-4-3-5-18(12-16)25-23(27)15(2)31-24(28)22-9-8-21(32-22)17-6-7-19-20(13-17)30-11-10-29-19/h3-9,12-13,15H,10-11H2,1-2H3,(H,25,27). The van der Waals surface area contributed by atoms with Gasteiger partial charge < -0.3 is 19.5 Å². The topological polar surface area (TPSA) is 90.9 Å². The minimum absolute atomic E-state index is 0.105. The number of fused-ring (bicyclic) bond motifs is 1. The zero-order chi connectivity index (χ0) is 22.7. The van der Waals surface area contributed by atoms with Crippen LogP contribution in [-0.2, 0) is 9.53 Å². The lowest BCUT2D eigenvalue weighted by molar-refractivity contribution is -0.123. The predicted octanol–water partition coefficient (Wildman–Crippen LogP) is 4.57. The second kappa shape index (κ2) is 9.23. The van der Waals surface area contributed by atoms with Gasteiger partial charge in [0.05, 0.1) is 0 Å². The smallest absolute Gasteiger partial charge is 0.349 e. The number of nitrogens with one attached hydrogen (secondary N) is 1. The number of esters is 1. The van der Waals surface area contributed by atoms with Crippen molar-refractivity contribution < 1.29 is 28.6 Å². The van der Waals surface area contributed by atoms with Gasteiger partial charge in [-0.05, 0) is 61.9 Å². The molecule has 2 heterocycles. The number of hydrogen-bond donors (Lipinski definition) is 1. The van der Waals surface area contributed by atoms with Crippen LogP contribution in [0.5, 0.6) is 11.5 Å². The number of ketones is 1. The van der Waals surface area contributed by atoms with E-state index < -0.39 is 18.0 Å². The van der Waals surface area contributed by atoms with Crippen LogP contribution < -0.4 is 14.8 Å². The summed E-state index contributed by atoms with van der Waals surface area (Å²) in [5.74, 6) is 0.198. The average molecular weight is 452 g/mol. The van der Waals surface area contributed by atoms with Gasteiger partial charge in [-0.15, -0.1) is 11.3 Å². The second-order valence-electron chi connectivity index (χ2n) is 7.20.